The molecule has 0 saturated heterocycles. The van der Waals surface area contributed by atoms with Crippen molar-refractivity contribution in [1.82, 2.24) is 9.55 Å². The van der Waals surface area contributed by atoms with Gasteiger partial charge in [-0.2, -0.15) is 0 Å². The highest BCUT2D eigenvalue weighted by Gasteiger charge is 2.16. The van der Waals surface area contributed by atoms with E-state index in [0.717, 1.165) is 16.6 Å². The van der Waals surface area contributed by atoms with Crippen LogP contribution in [0.5, 0.6) is 5.88 Å². The van der Waals surface area contributed by atoms with Crippen molar-refractivity contribution in [1.29, 1.82) is 0 Å². The van der Waals surface area contributed by atoms with Crippen molar-refractivity contribution in [2.45, 2.75) is 20.4 Å². The van der Waals surface area contributed by atoms with Gasteiger partial charge >= 0.3 is 0 Å². The highest BCUT2D eigenvalue weighted by molar-refractivity contribution is 5.89. The number of fused-ring (bicyclic) bond motifs is 1. The molecule has 1 aromatic carbocycles. The van der Waals surface area contributed by atoms with Crippen molar-refractivity contribution in [2.24, 2.45) is 0 Å². The van der Waals surface area contributed by atoms with Crippen molar-refractivity contribution >= 4 is 23.3 Å². The molecule has 0 aliphatic carbocycles. The Kier molecular flexibility index (Phi) is 4.71. The summed E-state index contributed by atoms with van der Waals surface area (Å²) in [5, 5.41) is 1.09. The summed E-state index contributed by atoms with van der Waals surface area (Å²) in [7, 11) is 1.60. The number of methoxy groups -OCH3 is 1. The van der Waals surface area contributed by atoms with Crippen LogP contribution >= 0.6 is 12.4 Å². The smallest absolute Gasteiger partial charge is 0.238 e. The zero-order valence-corrected chi connectivity index (χ0v) is 13.6. The molecule has 2 aromatic heterocycles. The van der Waals surface area contributed by atoms with Crippen LogP contribution in [0.2, 0.25) is 0 Å². The maximum atomic E-state index is 13.9. The molecular weight excluding hydrogens is 303 g/mol. The van der Waals surface area contributed by atoms with Crippen molar-refractivity contribution in [3.05, 3.63) is 59.2 Å². The maximum absolute atomic E-state index is 13.9. The molecule has 3 nitrogen and oxygen atoms in total. The number of aryl methyl sites for hydroxylation is 1. The van der Waals surface area contributed by atoms with Gasteiger partial charge in [0.05, 0.1) is 13.7 Å². The Bertz CT molecular complexity index is 814. The second-order valence-electron chi connectivity index (χ2n) is 5.10. The van der Waals surface area contributed by atoms with E-state index in [2.05, 4.69) is 16.5 Å². The molecule has 0 unspecified atom stereocenters. The molecule has 0 aliphatic rings. The minimum atomic E-state index is -0.195. The minimum absolute atomic E-state index is 0. The van der Waals surface area contributed by atoms with Crippen LogP contribution in [0.25, 0.3) is 10.9 Å². The molecule has 0 saturated carbocycles. The number of nitrogens with zero attached hydrogens (tertiary/aromatic N) is 2. The van der Waals surface area contributed by atoms with Gasteiger partial charge in [-0.15, -0.1) is 12.4 Å². The third kappa shape index (κ3) is 2.55. The van der Waals surface area contributed by atoms with E-state index in [1.165, 1.54) is 11.6 Å². The van der Waals surface area contributed by atoms with Crippen molar-refractivity contribution in [2.75, 3.05) is 7.11 Å². The fourth-order valence-electron chi connectivity index (χ4n) is 2.71. The van der Waals surface area contributed by atoms with Crippen LogP contribution in [-0.4, -0.2) is 16.7 Å². The predicted octanol–water partition coefficient (Wildman–Crippen LogP) is 4.27. The lowest BCUT2D eigenvalue weighted by Gasteiger charge is -2.11. The van der Waals surface area contributed by atoms with E-state index in [4.69, 9.17) is 4.74 Å². The second-order valence-corrected chi connectivity index (χ2v) is 5.10. The molecule has 5 heteroatoms. The number of hydrogen-bond donors (Lipinski definition) is 0. The normalized spacial score (nSPS) is 10.5. The standard InChI is InChI=1S/C17H17FN2O.ClH/c1-11-12(2)20(10-13-6-4-5-7-15(13)18)16-14(11)8-9-19-17(16)21-3;/h4-9H,10H2,1-3H3;1H. The molecule has 0 fully saturated rings. The molecule has 3 rings (SSSR count). The lowest BCUT2D eigenvalue weighted by Crippen LogP contribution is -2.05. The monoisotopic (exact) mass is 320 g/mol. The Morgan fingerprint density at radius 2 is 1.91 bits per heavy atom. The molecule has 0 aliphatic heterocycles. The number of rotatable bonds is 3. The number of halogens is 2. The van der Waals surface area contributed by atoms with Crippen LogP contribution in [0.15, 0.2) is 36.5 Å². The van der Waals surface area contributed by atoms with E-state index < -0.39 is 0 Å². The van der Waals surface area contributed by atoms with Crippen molar-refractivity contribution in [3.63, 3.8) is 0 Å². The van der Waals surface area contributed by atoms with Crippen LogP contribution in [0.1, 0.15) is 16.8 Å². The number of pyridine rings is 1. The molecule has 0 atom stereocenters. The van der Waals surface area contributed by atoms with Gasteiger partial charge in [-0.1, -0.05) is 18.2 Å². The Labute approximate surface area is 135 Å². The van der Waals surface area contributed by atoms with E-state index in [-0.39, 0.29) is 18.2 Å². The minimum Gasteiger partial charge on any atom is -0.479 e. The SMILES string of the molecule is COc1nccc2c(C)c(C)n(Cc3ccccc3F)c12.Cl. The quantitative estimate of drug-likeness (QED) is 0.720. The molecule has 0 N–H and O–H groups in total. The van der Waals surface area contributed by atoms with Gasteiger partial charge in [0, 0.05) is 22.8 Å². The Morgan fingerprint density at radius 1 is 1.18 bits per heavy atom. The Balaban J connectivity index is 0.00000176. The third-order valence-electron chi connectivity index (χ3n) is 3.99. The number of benzene rings is 1. The summed E-state index contributed by atoms with van der Waals surface area (Å²) < 4.78 is 21.4. The molecule has 0 spiro atoms. The summed E-state index contributed by atoms with van der Waals surface area (Å²) in [6, 6.07) is 8.81. The molecule has 3 aromatic rings. The van der Waals surface area contributed by atoms with E-state index >= 15 is 0 Å². The van der Waals surface area contributed by atoms with Crippen LogP contribution in [0.3, 0.4) is 0 Å². The average molecular weight is 321 g/mol. The third-order valence-corrected chi connectivity index (χ3v) is 3.99. The predicted molar refractivity (Wildman–Crippen MR) is 88.5 cm³/mol. The zero-order chi connectivity index (χ0) is 15.0. The number of hydrogen-bond acceptors (Lipinski definition) is 2. The maximum Gasteiger partial charge on any atom is 0.238 e. The van der Waals surface area contributed by atoms with E-state index in [1.54, 1.807) is 25.4 Å². The van der Waals surface area contributed by atoms with Crippen LogP contribution < -0.4 is 4.74 Å². The molecule has 116 valence electrons. The van der Waals surface area contributed by atoms with Gasteiger partial charge in [-0.05, 0) is 31.5 Å². The molecule has 2 heterocycles. The lowest BCUT2D eigenvalue weighted by atomic mass is 10.2. The summed E-state index contributed by atoms with van der Waals surface area (Å²) in [5.74, 6) is 0.374. The fraction of sp³-hybridized carbons (Fsp3) is 0.235. The van der Waals surface area contributed by atoms with Gasteiger partial charge in [0.2, 0.25) is 5.88 Å². The highest BCUT2D eigenvalue weighted by atomic mass is 35.5. The Morgan fingerprint density at radius 3 is 2.59 bits per heavy atom. The van der Waals surface area contributed by atoms with Gasteiger partial charge in [-0.25, -0.2) is 9.37 Å². The van der Waals surface area contributed by atoms with Gasteiger partial charge in [0.15, 0.2) is 0 Å². The average Bonchev–Trinajstić information content (AvgIpc) is 2.74. The first kappa shape index (κ1) is 16.3. The van der Waals surface area contributed by atoms with Crippen LogP contribution in [-0.2, 0) is 6.54 Å². The van der Waals surface area contributed by atoms with Crippen LogP contribution in [0, 0.1) is 19.7 Å². The highest BCUT2D eigenvalue weighted by Crippen LogP contribution is 2.31. The summed E-state index contributed by atoms with van der Waals surface area (Å²) in [4.78, 5) is 4.27. The summed E-state index contributed by atoms with van der Waals surface area (Å²) in [6.45, 7) is 4.56. The summed E-state index contributed by atoms with van der Waals surface area (Å²) in [6.07, 6.45) is 1.74. The van der Waals surface area contributed by atoms with Gasteiger partial charge in [0.25, 0.3) is 0 Å². The number of ether oxygens (including phenoxy) is 1. The van der Waals surface area contributed by atoms with E-state index in [0.29, 0.717) is 18.0 Å². The van der Waals surface area contributed by atoms with Crippen LogP contribution in [0.4, 0.5) is 4.39 Å². The molecule has 0 amide bonds. The number of aromatic nitrogens is 2. The Hall–Kier alpha value is -2.07. The van der Waals surface area contributed by atoms with Gasteiger partial charge in [-0.3, -0.25) is 0 Å². The molecular formula is C17H18ClFN2O. The lowest BCUT2D eigenvalue weighted by molar-refractivity contribution is 0.401. The van der Waals surface area contributed by atoms with Crippen molar-refractivity contribution < 1.29 is 9.13 Å². The van der Waals surface area contributed by atoms with Crippen molar-refractivity contribution in [3.8, 4) is 5.88 Å². The largest absolute Gasteiger partial charge is 0.479 e. The first-order chi connectivity index (χ1) is 10.1. The van der Waals surface area contributed by atoms with E-state index in [9.17, 15) is 4.39 Å². The topological polar surface area (TPSA) is 27.1 Å². The summed E-state index contributed by atoms with van der Waals surface area (Å²) in [5.41, 5.74) is 3.84. The second kappa shape index (κ2) is 6.36. The van der Waals surface area contributed by atoms with E-state index in [1.807, 2.05) is 19.1 Å². The molecule has 0 bridgehead atoms. The first-order valence-corrected chi connectivity index (χ1v) is 6.85. The first-order valence-electron chi connectivity index (χ1n) is 6.85. The molecule has 0 radical (unpaired) electrons. The summed E-state index contributed by atoms with van der Waals surface area (Å²) >= 11 is 0. The zero-order valence-electron chi connectivity index (χ0n) is 12.8. The van der Waals surface area contributed by atoms with Gasteiger partial charge in [0.1, 0.15) is 11.3 Å². The van der Waals surface area contributed by atoms with Gasteiger partial charge < -0.3 is 9.30 Å². The fourth-order valence-corrected chi connectivity index (χ4v) is 2.71. The molecule has 22 heavy (non-hydrogen) atoms.